The summed E-state index contributed by atoms with van der Waals surface area (Å²) in [5.41, 5.74) is 9.21. The third-order valence-electron chi connectivity index (χ3n) is 4.98. The lowest BCUT2D eigenvalue weighted by molar-refractivity contribution is -0.126. The monoisotopic (exact) mass is 350 g/mol. The molecule has 2 N–H and O–H groups in total. The molecule has 1 aliphatic heterocycles. The van der Waals surface area contributed by atoms with Gasteiger partial charge in [-0.05, 0) is 53.7 Å². The number of ether oxygens (including phenoxy) is 1. The van der Waals surface area contributed by atoms with E-state index in [1.54, 1.807) is 13.2 Å². The van der Waals surface area contributed by atoms with Gasteiger partial charge in [0.2, 0.25) is 5.91 Å². The standard InChI is InChI=1S/C22H26N2O2/c1-26-21-7-3-4-17(15-21)8-9-22(25)24-12-10-19(11-13-24)20-6-2-5-18(14-20)16-23/h2-9,14-15,19H,10-13,16,23H2,1H3/b9-8+. The summed E-state index contributed by atoms with van der Waals surface area (Å²) < 4.78 is 5.21. The summed E-state index contributed by atoms with van der Waals surface area (Å²) in [6, 6.07) is 16.2. The first kappa shape index (κ1) is 18.2. The summed E-state index contributed by atoms with van der Waals surface area (Å²) in [5.74, 6) is 1.37. The topological polar surface area (TPSA) is 55.6 Å². The zero-order valence-electron chi connectivity index (χ0n) is 15.2. The van der Waals surface area contributed by atoms with Gasteiger partial charge in [-0.2, -0.15) is 0 Å². The smallest absolute Gasteiger partial charge is 0.246 e. The van der Waals surface area contributed by atoms with Crippen molar-refractivity contribution >= 4 is 12.0 Å². The number of amides is 1. The van der Waals surface area contributed by atoms with E-state index < -0.39 is 0 Å². The highest BCUT2D eigenvalue weighted by Gasteiger charge is 2.22. The quantitative estimate of drug-likeness (QED) is 0.839. The molecule has 0 radical (unpaired) electrons. The second-order valence-corrected chi connectivity index (χ2v) is 6.66. The van der Waals surface area contributed by atoms with Crippen molar-refractivity contribution in [1.29, 1.82) is 0 Å². The average Bonchev–Trinajstić information content (AvgIpc) is 2.72. The fraction of sp³-hybridized carbons (Fsp3) is 0.318. The van der Waals surface area contributed by atoms with Crippen LogP contribution in [0.15, 0.2) is 54.6 Å². The number of methoxy groups -OCH3 is 1. The lowest BCUT2D eigenvalue weighted by atomic mass is 9.88. The molecule has 4 heteroatoms. The number of nitrogens with zero attached hydrogens (tertiary/aromatic N) is 1. The van der Waals surface area contributed by atoms with Gasteiger partial charge in [-0.1, -0.05) is 36.4 Å². The van der Waals surface area contributed by atoms with Crippen LogP contribution in [-0.2, 0) is 11.3 Å². The molecule has 1 heterocycles. The summed E-state index contributed by atoms with van der Waals surface area (Å²) in [4.78, 5) is 14.4. The maximum Gasteiger partial charge on any atom is 0.246 e. The Labute approximate surface area is 155 Å². The van der Waals surface area contributed by atoms with E-state index in [0.29, 0.717) is 12.5 Å². The number of likely N-dealkylation sites (tertiary alicyclic amines) is 1. The molecule has 1 fully saturated rings. The van der Waals surface area contributed by atoms with Crippen LogP contribution < -0.4 is 10.5 Å². The number of rotatable bonds is 5. The first-order chi connectivity index (χ1) is 12.7. The van der Waals surface area contributed by atoms with Crippen LogP contribution in [0.4, 0.5) is 0 Å². The van der Waals surface area contributed by atoms with Crippen LogP contribution in [0.3, 0.4) is 0 Å². The van der Waals surface area contributed by atoms with Crippen molar-refractivity contribution in [3.05, 3.63) is 71.3 Å². The largest absolute Gasteiger partial charge is 0.497 e. The summed E-state index contributed by atoms with van der Waals surface area (Å²) in [6.45, 7) is 2.15. The predicted octanol–water partition coefficient (Wildman–Crippen LogP) is 3.57. The van der Waals surface area contributed by atoms with Crippen molar-refractivity contribution in [1.82, 2.24) is 4.90 Å². The predicted molar refractivity (Wildman–Crippen MR) is 105 cm³/mol. The Balaban J connectivity index is 1.57. The van der Waals surface area contributed by atoms with Crippen molar-refractivity contribution in [2.75, 3.05) is 20.2 Å². The van der Waals surface area contributed by atoms with Crippen LogP contribution in [-0.4, -0.2) is 31.0 Å². The molecule has 0 saturated carbocycles. The third kappa shape index (κ3) is 4.52. The second-order valence-electron chi connectivity index (χ2n) is 6.66. The van der Waals surface area contributed by atoms with Crippen LogP contribution in [0, 0.1) is 0 Å². The minimum absolute atomic E-state index is 0.0713. The highest BCUT2D eigenvalue weighted by Crippen LogP contribution is 2.28. The lowest BCUT2D eigenvalue weighted by Crippen LogP contribution is -2.36. The highest BCUT2D eigenvalue weighted by atomic mass is 16.5. The normalized spacial score (nSPS) is 15.4. The summed E-state index contributed by atoms with van der Waals surface area (Å²) in [6.07, 6.45) is 5.49. The number of carbonyl (C=O) groups excluding carboxylic acids is 1. The van der Waals surface area contributed by atoms with E-state index in [0.717, 1.165) is 37.2 Å². The van der Waals surface area contributed by atoms with Crippen molar-refractivity contribution in [2.24, 2.45) is 5.73 Å². The molecule has 1 saturated heterocycles. The Bertz CT molecular complexity index is 777. The van der Waals surface area contributed by atoms with E-state index in [9.17, 15) is 4.79 Å². The molecule has 4 nitrogen and oxygen atoms in total. The molecule has 2 aromatic rings. The molecule has 0 unspecified atom stereocenters. The zero-order chi connectivity index (χ0) is 18.4. The highest BCUT2D eigenvalue weighted by molar-refractivity contribution is 5.91. The van der Waals surface area contributed by atoms with Crippen LogP contribution in [0.5, 0.6) is 5.75 Å². The molecule has 0 aromatic heterocycles. The molecule has 1 aliphatic rings. The van der Waals surface area contributed by atoms with Gasteiger partial charge in [0.1, 0.15) is 5.75 Å². The molecule has 0 spiro atoms. The van der Waals surface area contributed by atoms with Crippen molar-refractivity contribution < 1.29 is 9.53 Å². The number of piperidine rings is 1. The summed E-state index contributed by atoms with van der Waals surface area (Å²) in [7, 11) is 1.64. The molecule has 136 valence electrons. The Morgan fingerprint density at radius 2 is 1.96 bits per heavy atom. The number of hydrogen-bond donors (Lipinski definition) is 1. The fourth-order valence-corrected chi connectivity index (χ4v) is 3.43. The molecule has 2 aromatic carbocycles. The van der Waals surface area contributed by atoms with Crippen LogP contribution in [0.1, 0.15) is 35.4 Å². The Morgan fingerprint density at radius 1 is 1.19 bits per heavy atom. The van der Waals surface area contributed by atoms with Gasteiger partial charge >= 0.3 is 0 Å². The van der Waals surface area contributed by atoms with Gasteiger partial charge in [0.05, 0.1) is 7.11 Å². The molecule has 0 aliphatic carbocycles. The van der Waals surface area contributed by atoms with Gasteiger partial charge in [0, 0.05) is 25.7 Å². The van der Waals surface area contributed by atoms with Crippen molar-refractivity contribution in [3.8, 4) is 5.75 Å². The minimum Gasteiger partial charge on any atom is -0.497 e. The lowest BCUT2D eigenvalue weighted by Gasteiger charge is -2.31. The number of nitrogens with two attached hydrogens (primary N) is 1. The molecule has 26 heavy (non-hydrogen) atoms. The van der Waals surface area contributed by atoms with Gasteiger partial charge in [0.25, 0.3) is 0 Å². The van der Waals surface area contributed by atoms with E-state index in [-0.39, 0.29) is 5.91 Å². The SMILES string of the molecule is COc1cccc(/C=C/C(=O)N2CCC(c3cccc(CN)c3)CC2)c1. The first-order valence-corrected chi connectivity index (χ1v) is 9.09. The molecule has 0 bridgehead atoms. The number of carbonyl (C=O) groups is 1. The van der Waals surface area contributed by atoms with Crippen LogP contribution in [0.25, 0.3) is 6.08 Å². The third-order valence-corrected chi connectivity index (χ3v) is 4.98. The molecule has 0 atom stereocenters. The van der Waals surface area contributed by atoms with E-state index in [1.165, 1.54) is 11.1 Å². The maximum absolute atomic E-state index is 12.5. The summed E-state index contributed by atoms with van der Waals surface area (Å²) in [5, 5.41) is 0. The van der Waals surface area contributed by atoms with Crippen LogP contribution in [0.2, 0.25) is 0 Å². The Kier molecular flexibility index (Phi) is 6.08. The Morgan fingerprint density at radius 3 is 2.69 bits per heavy atom. The summed E-state index contributed by atoms with van der Waals surface area (Å²) >= 11 is 0. The van der Waals surface area contributed by atoms with Gasteiger partial charge in [-0.3, -0.25) is 4.79 Å². The van der Waals surface area contributed by atoms with Crippen LogP contribution >= 0.6 is 0 Å². The second kappa shape index (κ2) is 8.68. The minimum atomic E-state index is 0.0713. The van der Waals surface area contributed by atoms with Gasteiger partial charge in [-0.15, -0.1) is 0 Å². The van der Waals surface area contributed by atoms with Gasteiger partial charge in [-0.25, -0.2) is 0 Å². The molecular weight excluding hydrogens is 324 g/mol. The van der Waals surface area contributed by atoms with E-state index >= 15 is 0 Å². The number of hydrogen-bond acceptors (Lipinski definition) is 3. The van der Waals surface area contributed by atoms with E-state index in [2.05, 4.69) is 24.3 Å². The van der Waals surface area contributed by atoms with E-state index in [1.807, 2.05) is 35.2 Å². The number of benzene rings is 2. The maximum atomic E-state index is 12.5. The first-order valence-electron chi connectivity index (χ1n) is 9.09. The molecule has 3 rings (SSSR count). The van der Waals surface area contributed by atoms with Gasteiger partial charge in [0.15, 0.2) is 0 Å². The van der Waals surface area contributed by atoms with Crippen molar-refractivity contribution in [2.45, 2.75) is 25.3 Å². The zero-order valence-corrected chi connectivity index (χ0v) is 15.2. The Hall–Kier alpha value is -2.59. The molecular formula is C22H26N2O2. The van der Waals surface area contributed by atoms with E-state index in [4.69, 9.17) is 10.5 Å². The molecule has 1 amide bonds. The van der Waals surface area contributed by atoms with Gasteiger partial charge < -0.3 is 15.4 Å². The fourth-order valence-electron chi connectivity index (χ4n) is 3.43. The van der Waals surface area contributed by atoms with Crippen molar-refractivity contribution in [3.63, 3.8) is 0 Å². The average molecular weight is 350 g/mol.